The first-order chi connectivity index (χ1) is 20.9. The first-order valence-electron chi connectivity index (χ1n) is 15.5. The Morgan fingerprint density at radius 1 is 1.14 bits per heavy atom. The lowest BCUT2D eigenvalue weighted by atomic mass is 9.44. The Kier molecular flexibility index (Phi) is 7.00. The number of halogens is 2. The molecule has 10 atom stereocenters. The molecule has 6 nitrogen and oxygen atoms in total. The van der Waals surface area contributed by atoms with Crippen LogP contribution in [0, 0.1) is 22.7 Å². The van der Waals surface area contributed by atoms with Crippen LogP contribution < -0.4 is 0 Å². The molecule has 2 N–H and O–H groups in total. The van der Waals surface area contributed by atoms with Gasteiger partial charge in [0.2, 0.25) is 0 Å². The van der Waals surface area contributed by atoms with Crippen molar-refractivity contribution in [2.75, 3.05) is 6.61 Å². The average Bonchev–Trinajstić information content (AvgIpc) is 3.68. The number of ketones is 2. The van der Waals surface area contributed by atoms with Gasteiger partial charge in [0.25, 0.3) is 0 Å². The molecule has 1 aromatic carbocycles. The van der Waals surface area contributed by atoms with Crippen LogP contribution in [0.4, 0.5) is 8.78 Å². The van der Waals surface area contributed by atoms with Crippen LogP contribution in [0.2, 0.25) is 0 Å². The van der Waals surface area contributed by atoms with Crippen LogP contribution in [0.3, 0.4) is 0 Å². The van der Waals surface area contributed by atoms with Crippen LogP contribution in [-0.2, 0) is 31.9 Å². The van der Waals surface area contributed by atoms with Crippen LogP contribution in [0.15, 0.2) is 60.2 Å². The average molecular weight is 625 g/mol. The molecule has 0 amide bonds. The molecular formula is C35H38F2O6S. The highest BCUT2D eigenvalue weighted by atomic mass is 32.1. The Hall–Kier alpha value is -2.56. The summed E-state index contributed by atoms with van der Waals surface area (Å²) in [7, 11) is 0. The summed E-state index contributed by atoms with van der Waals surface area (Å²) in [6.45, 7) is 4.66. The van der Waals surface area contributed by atoms with E-state index in [0.29, 0.717) is 0 Å². The fourth-order valence-corrected chi connectivity index (χ4v) is 10.5. The Morgan fingerprint density at radius 2 is 1.91 bits per heavy atom. The van der Waals surface area contributed by atoms with E-state index in [0.717, 1.165) is 28.7 Å². The van der Waals surface area contributed by atoms with Gasteiger partial charge < -0.3 is 19.7 Å². The molecular weight excluding hydrogens is 586 g/mol. The molecule has 0 bridgehead atoms. The molecule has 1 saturated heterocycles. The zero-order chi connectivity index (χ0) is 31.2. The number of rotatable bonds is 6. The summed E-state index contributed by atoms with van der Waals surface area (Å²) >= 11 is 1.53. The normalized spacial score (nSPS) is 42.3. The molecule has 1 aromatic heterocycles. The number of alkyl halides is 2. The minimum Gasteiger partial charge on any atom is -0.390 e. The molecule has 3 saturated carbocycles. The second-order valence-corrected chi connectivity index (χ2v) is 14.8. The smallest absolute Gasteiger partial charge is 0.194 e. The van der Waals surface area contributed by atoms with E-state index in [9.17, 15) is 19.8 Å². The van der Waals surface area contributed by atoms with E-state index in [1.54, 1.807) is 13.8 Å². The van der Waals surface area contributed by atoms with Gasteiger partial charge in [0.1, 0.15) is 12.8 Å². The highest BCUT2D eigenvalue weighted by molar-refractivity contribution is 7.12. The van der Waals surface area contributed by atoms with Crippen molar-refractivity contribution in [3.05, 3.63) is 81.1 Å². The molecule has 234 valence electrons. The van der Waals surface area contributed by atoms with Crippen molar-refractivity contribution in [3.63, 3.8) is 0 Å². The summed E-state index contributed by atoms with van der Waals surface area (Å²) in [4.78, 5) is 27.8. The second-order valence-electron chi connectivity index (χ2n) is 13.6. The fourth-order valence-electron chi connectivity index (χ4n) is 9.47. The van der Waals surface area contributed by atoms with Gasteiger partial charge in [-0.15, -0.1) is 11.3 Å². The minimum atomic E-state index is -2.28. The second kappa shape index (κ2) is 10.2. The van der Waals surface area contributed by atoms with Crippen molar-refractivity contribution in [1.29, 1.82) is 0 Å². The van der Waals surface area contributed by atoms with Crippen LogP contribution in [0.1, 0.15) is 67.2 Å². The number of ether oxygens (including phenoxy) is 2. The van der Waals surface area contributed by atoms with Crippen molar-refractivity contribution in [2.45, 2.75) is 88.8 Å². The molecule has 0 spiro atoms. The van der Waals surface area contributed by atoms with E-state index in [4.69, 9.17) is 9.47 Å². The first-order valence-corrected chi connectivity index (χ1v) is 16.3. The summed E-state index contributed by atoms with van der Waals surface area (Å²) < 4.78 is 46.4. The van der Waals surface area contributed by atoms with Crippen molar-refractivity contribution >= 4 is 22.9 Å². The zero-order valence-electron chi connectivity index (χ0n) is 25.1. The molecule has 2 heterocycles. The third kappa shape index (κ3) is 3.89. The largest absolute Gasteiger partial charge is 0.390 e. The summed E-state index contributed by atoms with van der Waals surface area (Å²) in [6.07, 6.45) is 0.487. The number of Topliss-reactive ketones (excluding diaryl/α,β-unsaturated/α-hetero) is 1. The summed E-state index contributed by atoms with van der Waals surface area (Å²) in [5, 5.41) is 21.9. The summed E-state index contributed by atoms with van der Waals surface area (Å²) in [5.41, 5.74) is -4.07. The van der Waals surface area contributed by atoms with Crippen LogP contribution in [0.25, 0.3) is 0 Å². The van der Waals surface area contributed by atoms with Gasteiger partial charge in [-0.05, 0) is 79.5 Å². The molecule has 7 rings (SSSR count). The number of hydrogen-bond donors (Lipinski definition) is 2. The molecule has 5 aliphatic rings. The number of aliphatic hydroxyl groups excluding tert-OH is 2. The maximum atomic E-state index is 17.6. The highest BCUT2D eigenvalue weighted by Gasteiger charge is 2.80. The van der Waals surface area contributed by atoms with Crippen LogP contribution >= 0.6 is 11.3 Å². The van der Waals surface area contributed by atoms with Gasteiger partial charge in [-0.2, -0.15) is 0 Å². The quantitative estimate of drug-likeness (QED) is 0.438. The van der Waals surface area contributed by atoms with Crippen LogP contribution in [0.5, 0.6) is 0 Å². The molecule has 0 unspecified atom stereocenters. The number of benzene rings is 1. The van der Waals surface area contributed by atoms with Gasteiger partial charge in [-0.25, -0.2) is 8.78 Å². The first kappa shape index (κ1) is 30.1. The third-order valence-electron chi connectivity index (χ3n) is 11.6. The monoisotopic (exact) mass is 624 g/mol. The number of aliphatic hydroxyl groups is 2. The molecule has 9 heteroatoms. The van der Waals surface area contributed by atoms with Crippen LogP contribution in [-0.4, -0.2) is 58.0 Å². The summed E-state index contributed by atoms with van der Waals surface area (Å²) in [5.74, 6) is -2.54. The standard InChI is InChI=1S/C35H38F2O6S/c1-4-19-6-5-7-20(12-19)13-22-8-9-27(44-22)31-42-30-16-23-24-15-26(36)25-14-21(39)10-11-32(25,2)34(24,37)28(40)17-33(23,3)35(30,43-31)29(41)18-38/h5-12,14,23-24,26,28,30-31,38,40H,4,13,15-18H2,1-3H3/t23-,24-,26-,28-,30+,31+,32-,33-,34-,35+/m0/s1. The molecule has 2 aromatic rings. The fraction of sp³-hybridized carbons (Fsp3) is 0.543. The highest BCUT2D eigenvalue weighted by Crippen LogP contribution is 2.72. The van der Waals surface area contributed by atoms with Gasteiger partial charge in [0.15, 0.2) is 29.1 Å². The van der Waals surface area contributed by atoms with Gasteiger partial charge >= 0.3 is 0 Å². The van der Waals surface area contributed by atoms with Crippen molar-refractivity contribution in [1.82, 2.24) is 0 Å². The number of carbonyl (C=O) groups excluding carboxylic acids is 2. The predicted octanol–water partition coefficient (Wildman–Crippen LogP) is 5.54. The van der Waals surface area contributed by atoms with Gasteiger partial charge in [-0.3, -0.25) is 9.59 Å². The van der Waals surface area contributed by atoms with Gasteiger partial charge in [-0.1, -0.05) is 44.2 Å². The number of fused-ring (bicyclic) bond motifs is 7. The van der Waals surface area contributed by atoms with E-state index in [1.807, 2.05) is 12.1 Å². The lowest BCUT2D eigenvalue weighted by Crippen LogP contribution is -2.70. The predicted molar refractivity (Wildman–Crippen MR) is 160 cm³/mol. The zero-order valence-corrected chi connectivity index (χ0v) is 25.9. The van der Waals surface area contributed by atoms with Crippen molar-refractivity contribution in [3.8, 4) is 0 Å². The Labute approximate surface area is 259 Å². The lowest BCUT2D eigenvalue weighted by molar-refractivity contribution is -0.234. The maximum Gasteiger partial charge on any atom is 0.194 e. The van der Waals surface area contributed by atoms with E-state index >= 15 is 8.78 Å². The Morgan fingerprint density at radius 3 is 2.66 bits per heavy atom. The molecule has 44 heavy (non-hydrogen) atoms. The van der Waals surface area contributed by atoms with Gasteiger partial charge in [0.05, 0.1) is 17.1 Å². The molecule has 0 radical (unpaired) electrons. The lowest BCUT2D eigenvalue weighted by Gasteiger charge is -2.63. The third-order valence-corrected chi connectivity index (χ3v) is 12.7. The SMILES string of the molecule is CCc1cccc(Cc2ccc([C@@H]3O[C@@H]4C[C@H]5[C@@H]6C[C@H](F)C7=CC(=O)C=C[C@]7(C)[C@@]6(F)[C@@H](O)C[C@]5(C)[C@]4(C(=O)CO)O3)s2)c1. The number of hydrogen-bond acceptors (Lipinski definition) is 7. The topological polar surface area (TPSA) is 93.1 Å². The summed E-state index contributed by atoms with van der Waals surface area (Å²) in [6, 6.07) is 12.4. The van der Waals surface area contributed by atoms with Crippen molar-refractivity contribution < 1.29 is 38.1 Å². The van der Waals surface area contributed by atoms with Crippen molar-refractivity contribution in [2.24, 2.45) is 22.7 Å². The Bertz CT molecular complexity index is 1580. The number of aryl methyl sites for hydroxylation is 1. The maximum absolute atomic E-state index is 17.6. The molecule has 4 aliphatic carbocycles. The molecule has 1 aliphatic heterocycles. The van der Waals surface area contributed by atoms with E-state index in [-0.39, 0.29) is 24.8 Å². The number of allylic oxidation sites excluding steroid dienone is 4. The van der Waals surface area contributed by atoms with E-state index in [2.05, 4.69) is 31.2 Å². The number of thiophene rings is 1. The minimum absolute atomic E-state index is 0.0493. The van der Waals surface area contributed by atoms with E-state index < -0.39 is 76.8 Å². The molecule has 4 fully saturated rings. The van der Waals surface area contributed by atoms with Gasteiger partial charge in [0, 0.05) is 28.0 Å². The Balaban J connectivity index is 1.22. The van der Waals surface area contributed by atoms with E-state index in [1.165, 1.54) is 34.6 Å². The number of carbonyl (C=O) groups is 2.